The predicted molar refractivity (Wildman–Crippen MR) is 56.1 cm³/mol. The van der Waals surface area contributed by atoms with E-state index in [0.29, 0.717) is 0 Å². The SMILES string of the molecule is C=C1NCCC1CC(C)C.CC. The molecule has 1 nitrogen and oxygen atoms in total. The molecule has 1 fully saturated rings. The molecule has 0 aliphatic carbocycles. The van der Waals surface area contributed by atoms with Gasteiger partial charge in [-0.15, -0.1) is 0 Å². The van der Waals surface area contributed by atoms with Crippen molar-refractivity contribution in [2.75, 3.05) is 6.54 Å². The maximum Gasteiger partial charge on any atom is 0.0150 e. The molecule has 1 saturated heterocycles. The zero-order chi connectivity index (χ0) is 9.56. The molecule has 0 aromatic heterocycles. The van der Waals surface area contributed by atoms with Crippen LogP contribution in [-0.4, -0.2) is 6.54 Å². The van der Waals surface area contributed by atoms with Gasteiger partial charge in [-0.3, -0.25) is 0 Å². The monoisotopic (exact) mass is 169 g/mol. The number of hydrogen-bond donors (Lipinski definition) is 1. The highest BCUT2D eigenvalue weighted by molar-refractivity contribution is 5.03. The van der Waals surface area contributed by atoms with Crippen LogP contribution in [0.4, 0.5) is 0 Å². The van der Waals surface area contributed by atoms with Crippen LogP contribution < -0.4 is 5.32 Å². The highest BCUT2D eigenvalue weighted by Gasteiger charge is 2.18. The van der Waals surface area contributed by atoms with Crippen molar-refractivity contribution in [2.24, 2.45) is 11.8 Å². The Morgan fingerprint density at radius 2 is 2.08 bits per heavy atom. The first-order chi connectivity index (χ1) is 5.70. The zero-order valence-corrected chi connectivity index (χ0v) is 8.98. The fourth-order valence-electron chi connectivity index (χ4n) is 1.55. The van der Waals surface area contributed by atoms with Crippen LogP contribution in [0.5, 0.6) is 0 Å². The normalized spacial score (nSPS) is 21.8. The third-order valence-corrected chi connectivity index (χ3v) is 2.09. The summed E-state index contributed by atoms with van der Waals surface area (Å²) in [5.74, 6) is 1.56. The van der Waals surface area contributed by atoms with Gasteiger partial charge in [0.1, 0.15) is 0 Å². The van der Waals surface area contributed by atoms with E-state index in [9.17, 15) is 0 Å². The summed E-state index contributed by atoms with van der Waals surface area (Å²) in [6.07, 6.45) is 2.59. The minimum atomic E-state index is 0.750. The Morgan fingerprint density at radius 3 is 2.42 bits per heavy atom. The number of nitrogens with one attached hydrogen (secondary N) is 1. The van der Waals surface area contributed by atoms with Crippen molar-refractivity contribution in [3.8, 4) is 0 Å². The van der Waals surface area contributed by atoms with Gasteiger partial charge >= 0.3 is 0 Å². The molecule has 1 atom stereocenters. The Bertz CT molecular complexity index is 127. The van der Waals surface area contributed by atoms with Crippen LogP contribution in [0.15, 0.2) is 12.3 Å². The van der Waals surface area contributed by atoms with Crippen molar-refractivity contribution in [3.63, 3.8) is 0 Å². The van der Waals surface area contributed by atoms with Crippen molar-refractivity contribution >= 4 is 0 Å². The number of rotatable bonds is 2. The molecule has 1 N–H and O–H groups in total. The molecule has 12 heavy (non-hydrogen) atoms. The van der Waals surface area contributed by atoms with E-state index in [4.69, 9.17) is 0 Å². The first kappa shape index (κ1) is 11.5. The average molecular weight is 169 g/mol. The summed E-state index contributed by atoms with van der Waals surface area (Å²) in [5.41, 5.74) is 1.26. The second kappa shape index (κ2) is 6.10. The lowest BCUT2D eigenvalue weighted by Crippen LogP contribution is -2.06. The molecule has 1 aliphatic heterocycles. The minimum Gasteiger partial charge on any atom is -0.389 e. The van der Waals surface area contributed by atoms with Gasteiger partial charge < -0.3 is 5.32 Å². The van der Waals surface area contributed by atoms with E-state index in [2.05, 4.69) is 25.7 Å². The lowest BCUT2D eigenvalue weighted by molar-refractivity contribution is 0.470. The minimum absolute atomic E-state index is 0.750. The average Bonchev–Trinajstić information content (AvgIpc) is 2.40. The molecule has 1 heteroatoms. The van der Waals surface area contributed by atoms with Gasteiger partial charge in [0, 0.05) is 12.2 Å². The van der Waals surface area contributed by atoms with Gasteiger partial charge in [-0.25, -0.2) is 0 Å². The highest BCUT2D eigenvalue weighted by Crippen LogP contribution is 2.24. The Morgan fingerprint density at radius 1 is 1.50 bits per heavy atom. The molecule has 1 aliphatic rings. The molecule has 0 aromatic rings. The van der Waals surface area contributed by atoms with E-state index in [0.717, 1.165) is 18.4 Å². The summed E-state index contributed by atoms with van der Waals surface area (Å²) in [6.45, 7) is 13.7. The maximum atomic E-state index is 3.98. The summed E-state index contributed by atoms with van der Waals surface area (Å²) in [4.78, 5) is 0. The van der Waals surface area contributed by atoms with Crippen LogP contribution in [0.2, 0.25) is 0 Å². The lowest BCUT2D eigenvalue weighted by atomic mass is 9.95. The summed E-state index contributed by atoms with van der Waals surface area (Å²) in [6, 6.07) is 0. The van der Waals surface area contributed by atoms with Crippen LogP contribution >= 0.6 is 0 Å². The zero-order valence-electron chi connectivity index (χ0n) is 8.98. The summed E-state index contributed by atoms with van der Waals surface area (Å²) in [7, 11) is 0. The van der Waals surface area contributed by atoms with E-state index >= 15 is 0 Å². The Balaban J connectivity index is 0.000000561. The van der Waals surface area contributed by atoms with Crippen LogP contribution in [-0.2, 0) is 0 Å². The molecule has 0 bridgehead atoms. The van der Waals surface area contributed by atoms with Crippen molar-refractivity contribution in [1.82, 2.24) is 5.32 Å². The predicted octanol–water partition coefficient (Wildman–Crippen LogP) is 3.18. The summed E-state index contributed by atoms with van der Waals surface area (Å²) >= 11 is 0. The van der Waals surface area contributed by atoms with Crippen molar-refractivity contribution < 1.29 is 0 Å². The molecule has 1 unspecified atom stereocenters. The molecule has 72 valence electrons. The first-order valence-corrected chi connectivity index (χ1v) is 5.13. The van der Waals surface area contributed by atoms with E-state index in [1.54, 1.807) is 0 Å². The van der Waals surface area contributed by atoms with Crippen LogP contribution in [0.3, 0.4) is 0 Å². The Hall–Kier alpha value is -0.460. The van der Waals surface area contributed by atoms with Crippen molar-refractivity contribution in [1.29, 1.82) is 0 Å². The third-order valence-electron chi connectivity index (χ3n) is 2.09. The van der Waals surface area contributed by atoms with E-state index in [1.807, 2.05) is 13.8 Å². The first-order valence-electron chi connectivity index (χ1n) is 5.13. The quantitative estimate of drug-likeness (QED) is 0.669. The molecule has 0 aromatic carbocycles. The van der Waals surface area contributed by atoms with E-state index in [1.165, 1.54) is 18.5 Å². The second-order valence-corrected chi connectivity index (χ2v) is 3.57. The van der Waals surface area contributed by atoms with E-state index < -0.39 is 0 Å². The summed E-state index contributed by atoms with van der Waals surface area (Å²) in [5, 5.41) is 3.28. The van der Waals surface area contributed by atoms with Gasteiger partial charge in [-0.05, 0) is 24.7 Å². The molecule has 0 amide bonds. The number of hydrogen-bond acceptors (Lipinski definition) is 1. The van der Waals surface area contributed by atoms with Gasteiger partial charge in [0.2, 0.25) is 0 Å². The van der Waals surface area contributed by atoms with Crippen LogP contribution in [0, 0.1) is 11.8 Å². The van der Waals surface area contributed by atoms with Gasteiger partial charge in [0.05, 0.1) is 0 Å². The van der Waals surface area contributed by atoms with Crippen LogP contribution in [0.1, 0.15) is 40.5 Å². The fourth-order valence-corrected chi connectivity index (χ4v) is 1.55. The fraction of sp³-hybridized carbons (Fsp3) is 0.818. The standard InChI is InChI=1S/C9H17N.C2H6/c1-7(2)6-9-4-5-10-8(9)3;1-2/h7,9-10H,3-6H2,1-2H3;1-2H3. The third kappa shape index (κ3) is 3.80. The maximum absolute atomic E-state index is 3.98. The van der Waals surface area contributed by atoms with Gasteiger partial charge in [0.25, 0.3) is 0 Å². The molecule has 0 saturated carbocycles. The Kier molecular flexibility index (Phi) is 5.87. The number of allylic oxidation sites excluding steroid dienone is 1. The largest absolute Gasteiger partial charge is 0.389 e. The molecule has 0 radical (unpaired) electrons. The van der Waals surface area contributed by atoms with Gasteiger partial charge in [0.15, 0.2) is 0 Å². The molecule has 0 spiro atoms. The van der Waals surface area contributed by atoms with E-state index in [-0.39, 0.29) is 0 Å². The molecular formula is C11H23N. The van der Waals surface area contributed by atoms with Crippen molar-refractivity contribution in [3.05, 3.63) is 12.3 Å². The lowest BCUT2D eigenvalue weighted by Gasteiger charge is -2.11. The topological polar surface area (TPSA) is 12.0 Å². The smallest absolute Gasteiger partial charge is 0.0150 e. The molecule has 1 heterocycles. The molecule has 1 rings (SSSR count). The van der Waals surface area contributed by atoms with Gasteiger partial charge in [-0.1, -0.05) is 34.3 Å². The summed E-state index contributed by atoms with van der Waals surface area (Å²) < 4.78 is 0. The van der Waals surface area contributed by atoms with Crippen molar-refractivity contribution in [2.45, 2.75) is 40.5 Å². The second-order valence-electron chi connectivity index (χ2n) is 3.57. The van der Waals surface area contributed by atoms with Crippen LogP contribution in [0.25, 0.3) is 0 Å². The molecular weight excluding hydrogens is 146 g/mol. The highest BCUT2D eigenvalue weighted by atomic mass is 14.9. The Labute approximate surface area is 77.2 Å². The van der Waals surface area contributed by atoms with Gasteiger partial charge in [-0.2, -0.15) is 0 Å².